The normalized spacial score (nSPS) is 17.6. The molecule has 0 spiro atoms. The Labute approximate surface area is 243 Å². The van der Waals surface area contributed by atoms with Gasteiger partial charge in [-0.25, -0.2) is 8.42 Å². The quantitative estimate of drug-likeness (QED) is 0.206. The molecule has 2 unspecified atom stereocenters. The lowest BCUT2D eigenvalue weighted by atomic mass is 10.1. The van der Waals surface area contributed by atoms with Gasteiger partial charge in [0.15, 0.2) is 5.96 Å². The molecule has 3 aromatic carbocycles. The molecule has 41 heavy (non-hydrogen) atoms. The van der Waals surface area contributed by atoms with Crippen LogP contribution in [0.25, 0.3) is 10.8 Å². The maximum atomic E-state index is 13.8. The van der Waals surface area contributed by atoms with Crippen molar-refractivity contribution in [2.45, 2.75) is 17.2 Å². The number of morpholine rings is 1. The molecule has 2 atom stereocenters. The van der Waals surface area contributed by atoms with Gasteiger partial charge in [-0.3, -0.25) is 19.8 Å². The number of ketones is 1. The summed E-state index contributed by atoms with van der Waals surface area (Å²) in [5.74, 6) is -2.46. The van der Waals surface area contributed by atoms with E-state index in [0.717, 1.165) is 10.3 Å². The van der Waals surface area contributed by atoms with Crippen LogP contribution in [0, 0.1) is 5.41 Å². The number of hydrogen-bond donors (Lipinski definition) is 3. The number of fused-ring (bicyclic) bond motifs is 2. The van der Waals surface area contributed by atoms with Crippen LogP contribution in [0.1, 0.15) is 10.4 Å². The van der Waals surface area contributed by atoms with Crippen molar-refractivity contribution in [1.82, 2.24) is 14.5 Å². The van der Waals surface area contributed by atoms with E-state index in [1.165, 1.54) is 35.0 Å². The van der Waals surface area contributed by atoms with E-state index in [1.54, 1.807) is 36.4 Å². The van der Waals surface area contributed by atoms with Crippen molar-refractivity contribution in [3.05, 3.63) is 72.3 Å². The van der Waals surface area contributed by atoms with E-state index in [4.69, 9.17) is 15.9 Å². The summed E-state index contributed by atoms with van der Waals surface area (Å²) < 4.78 is 35.3. The zero-order valence-corrected chi connectivity index (χ0v) is 23.7. The molecule has 0 saturated carbocycles. The molecule has 1 saturated heterocycles. The summed E-state index contributed by atoms with van der Waals surface area (Å²) in [7, 11) is -2.82. The molecule has 2 aliphatic heterocycles. The van der Waals surface area contributed by atoms with Gasteiger partial charge in [0.25, 0.3) is 11.7 Å². The second-order valence-corrected chi connectivity index (χ2v) is 11.3. The first kappa shape index (κ1) is 29.9. The van der Waals surface area contributed by atoms with E-state index < -0.39 is 46.4 Å². The van der Waals surface area contributed by atoms with Gasteiger partial charge >= 0.3 is 0 Å². The number of Topliss-reactive ketones (excluding diaryl/α,β-unsaturated/α-hetero) is 1. The van der Waals surface area contributed by atoms with Gasteiger partial charge in [-0.05, 0) is 35.0 Å². The van der Waals surface area contributed by atoms with Gasteiger partial charge in [-0.1, -0.05) is 42.5 Å². The number of nitrogens with two attached hydrogens (primary N) is 1. The molecule has 0 aliphatic carbocycles. The van der Waals surface area contributed by atoms with Crippen LogP contribution in [0.2, 0.25) is 0 Å². The summed E-state index contributed by atoms with van der Waals surface area (Å²) in [6.45, 7) is 0.237. The van der Waals surface area contributed by atoms with E-state index in [2.05, 4.69) is 4.72 Å². The number of para-hydroxylation sites is 1. The Kier molecular flexibility index (Phi) is 8.63. The van der Waals surface area contributed by atoms with Gasteiger partial charge in [0, 0.05) is 13.6 Å². The predicted octanol–water partition coefficient (Wildman–Crippen LogP) is 1.15. The maximum Gasteiger partial charge on any atom is 0.299 e. The van der Waals surface area contributed by atoms with Gasteiger partial charge in [0.05, 0.1) is 35.8 Å². The zero-order valence-electron chi connectivity index (χ0n) is 22.0. The van der Waals surface area contributed by atoms with Crippen molar-refractivity contribution in [2.75, 3.05) is 38.2 Å². The summed E-state index contributed by atoms with van der Waals surface area (Å²) in [5.41, 5.74) is 6.09. The van der Waals surface area contributed by atoms with Crippen molar-refractivity contribution in [2.24, 2.45) is 5.73 Å². The zero-order chi connectivity index (χ0) is 28.6. The molecule has 0 bridgehead atoms. The minimum atomic E-state index is -4.26. The first-order chi connectivity index (χ1) is 19.1. The number of rotatable bonds is 7. The minimum absolute atomic E-state index is 0. The highest BCUT2D eigenvalue weighted by molar-refractivity contribution is 7.89. The molecule has 0 radical (unpaired) electrons. The van der Waals surface area contributed by atoms with E-state index in [-0.39, 0.29) is 42.0 Å². The third-order valence-corrected chi connectivity index (χ3v) is 8.51. The van der Waals surface area contributed by atoms with Crippen molar-refractivity contribution >= 4 is 62.4 Å². The molecular formula is C27H29ClN6O6S. The number of benzene rings is 3. The van der Waals surface area contributed by atoms with Crippen LogP contribution >= 0.6 is 12.4 Å². The molecule has 2 amide bonds. The number of likely N-dealkylation sites (N-methyl/N-ethyl adjacent to an activating group) is 1. The lowest BCUT2D eigenvalue weighted by Gasteiger charge is -2.39. The number of carbonyl (C=O) groups is 3. The monoisotopic (exact) mass is 600 g/mol. The Bertz CT molecular complexity index is 1630. The average molecular weight is 601 g/mol. The third kappa shape index (κ3) is 5.88. The van der Waals surface area contributed by atoms with Crippen LogP contribution in [0.3, 0.4) is 0 Å². The molecule has 216 valence electrons. The lowest BCUT2D eigenvalue weighted by Crippen LogP contribution is -2.59. The van der Waals surface area contributed by atoms with Crippen LogP contribution in [0.5, 0.6) is 0 Å². The van der Waals surface area contributed by atoms with Gasteiger partial charge < -0.3 is 25.2 Å². The highest BCUT2D eigenvalue weighted by atomic mass is 35.5. The fourth-order valence-corrected chi connectivity index (χ4v) is 6.06. The highest BCUT2D eigenvalue weighted by Gasteiger charge is 2.41. The summed E-state index contributed by atoms with van der Waals surface area (Å²) in [6, 6.07) is 16.7. The summed E-state index contributed by atoms with van der Waals surface area (Å²) in [4.78, 5) is 43.1. The Balaban J connectivity index is 0.00000387. The van der Waals surface area contributed by atoms with Crippen molar-refractivity contribution in [3.63, 3.8) is 0 Å². The molecule has 2 aliphatic rings. The van der Waals surface area contributed by atoms with Crippen LogP contribution in [0.4, 0.5) is 5.69 Å². The molecule has 4 N–H and O–H groups in total. The van der Waals surface area contributed by atoms with Crippen LogP contribution in [-0.2, 0) is 24.3 Å². The highest BCUT2D eigenvalue weighted by Crippen LogP contribution is 2.29. The van der Waals surface area contributed by atoms with E-state index in [0.29, 0.717) is 17.6 Å². The maximum absolute atomic E-state index is 13.8. The number of anilines is 1. The number of nitrogens with zero attached hydrogens (tertiary/aromatic N) is 3. The lowest BCUT2D eigenvalue weighted by molar-refractivity contribution is -0.150. The smallest absolute Gasteiger partial charge is 0.299 e. The molecule has 3 aromatic rings. The number of ether oxygens (including phenoxy) is 1. The van der Waals surface area contributed by atoms with Crippen LogP contribution in [-0.4, -0.2) is 87.3 Å². The van der Waals surface area contributed by atoms with E-state index in [1.807, 2.05) is 12.1 Å². The molecule has 2 heterocycles. The van der Waals surface area contributed by atoms with Crippen molar-refractivity contribution < 1.29 is 27.5 Å². The topological polar surface area (TPSA) is 166 Å². The number of amides is 2. The molecular weight excluding hydrogens is 572 g/mol. The SMILES string of the molecule is CN(C(=O)C(CN1C(=O)C(=O)c2ccccc21)NS(=O)(=O)c1ccc2ccccc2c1)C1CN(C(=N)N)CCO1.Cl. The Morgan fingerprint density at radius 1 is 1.12 bits per heavy atom. The number of nitrogens with one attached hydrogen (secondary N) is 2. The largest absolute Gasteiger partial charge is 0.370 e. The van der Waals surface area contributed by atoms with Gasteiger partial charge in [-0.15, -0.1) is 12.4 Å². The number of halogens is 1. The Morgan fingerprint density at radius 3 is 2.54 bits per heavy atom. The number of sulfonamides is 1. The van der Waals surface area contributed by atoms with Gasteiger partial charge in [0.1, 0.15) is 12.3 Å². The van der Waals surface area contributed by atoms with Gasteiger partial charge in [-0.2, -0.15) is 4.72 Å². The first-order valence-corrected chi connectivity index (χ1v) is 14.0. The minimum Gasteiger partial charge on any atom is -0.370 e. The van der Waals surface area contributed by atoms with Gasteiger partial charge in [0.2, 0.25) is 15.9 Å². The molecule has 1 fully saturated rings. The third-order valence-electron chi connectivity index (χ3n) is 7.04. The fraction of sp³-hybridized carbons (Fsp3) is 0.259. The standard InChI is InChI=1S/C27H28N6O6S.ClH/c1-31(23-16-32(27(28)29)12-13-39-23)25(35)21(15-33-22-9-5-4-8-20(22)24(34)26(33)36)30-40(37,38)19-11-10-17-6-2-3-7-18(17)14-19;/h2-11,14,21,23,30H,12-13,15-16H2,1H3,(H3,28,29);1H. The van der Waals surface area contributed by atoms with E-state index in [9.17, 15) is 22.8 Å². The van der Waals surface area contributed by atoms with Crippen molar-refractivity contribution in [3.8, 4) is 0 Å². The average Bonchev–Trinajstić information content (AvgIpc) is 3.20. The summed E-state index contributed by atoms with van der Waals surface area (Å²) in [6.07, 6.45) is -0.832. The van der Waals surface area contributed by atoms with Crippen LogP contribution in [0.15, 0.2) is 71.6 Å². The first-order valence-electron chi connectivity index (χ1n) is 12.5. The summed E-state index contributed by atoms with van der Waals surface area (Å²) in [5, 5.41) is 9.26. The number of guanidine groups is 1. The molecule has 12 nitrogen and oxygen atoms in total. The second kappa shape index (κ2) is 11.8. The number of carbonyl (C=O) groups excluding carboxylic acids is 3. The Morgan fingerprint density at radius 2 is 1.80 bits per heavy atom. The van der Waals surface area contributed by atoms with Crippen LogP contribution < -0.4 is 15.4 Å². The van der Waals surface area contributed by atoms with Crippen molar-refractivity contribution in [1.29, 1.82) is 5.41 Å². The second-order valence-electron chi connectivity index (χ2n) is 9.55. The van der Waals surface area contributed by atoms with E-state index >= 15 is 0 Å². The molecule has 14 heteroatoms. The summed E-state index contributed by atoms with van der Waals surface area (Å²) >= 11 is 0. The fourth-order valence-electron chi connectivity index (χ4n) is 4.84. The Hall–Kier alpha value is -4.04. The molecule has 5 rings (SSSR count). The number of hydrogen-bond acceptors (Lipinski definition) is 7. The molecule has 0 aromatic heterocycles. The predicted molar refractivity (Wildman–Crippen MR) is 154 cm³/mol.